The third-order valence-electron chi connectivity index (χ3n) is 10.5. The molecule has 10 heteroatoms. The number of carbonyl (C=O) groups excluding carboxylic acids is 2. The first-order valence-electron chi connectivity index (χ1n) is 15.2. The smallest absolute Gasteiger partial charge is 0.410 e. The summed E-state index contributed by atoms with van der Waals surface area (Å²) in [6, 6.07) is 7.30. The van der Waals surface area contributed by atoms with Crippen molar-refractivity contribution in [1.29, 1.82) is 0 Å². The molecule has 6 heterocycles. The first kappa shape index (κ1) is 26.9. The molecule has 4 saturated heterocycles. The molecular formula is C31H40FN5O4. The Kier molecular flexibility index (Phi) is 6.81. The molecule has 1 saturated carbocycles. The van der Waals surface area contributed by atoms with Crippen LogP contribution in [0.3, 0.4) is 0 Å². The van der Waals surface area contributed by atoms with E-state index in [-0.39, 0.29) is 35.4 Å². The minimum absolute atomic E-state index is 0.120. The second kappa shape index (κ2) is 10.4. The Morgan fingerprint density at radius 2 is 1.93 bits per heavy atom. The van der Waals surface area contributed by atoms with Gasteiger partial charge in [-0.2, -0.15) is 5.10 Å². The van der Waals surface area contributed by atoms with Crippen LogP contribution < -0.4 is 4.90 Å². The van der Waals surface area contributed by atoms with Gasteiger partial charge in [-0.05, 0) is 94.3 Å². The van der Waals surface area contributed by atoms with Gasteiger partial charge in [-0.1, -0.05) is 0 Å². The number of fused-ring (bicyclic) bond motifs is 6. The molecule has 4 atom stereocenters. The molecule has 3 unspecified atom stereocenters. The average molecular weight is 566 g/mol. The second-order valence-electron chi connectivity index (χ2n) is 12.9. The van der Waals surface area contributed by atoms with Crippen molar-refractivity contribution in [3.63, 3.8) is 0 Å². The van der Waals surface area contributed by atoms with Crippen molar-refractivity contribution in [1.82, 2.24) is 19.6 Å². The number of nitrogens with zero attached hydrogens (tertiary/aromatic N) is 5. The van der Waals surface area contributed by atoms with Gasteiger partial charge in [0, 0.05) is 55.4 Å². The summed E-state index contributed by atoms with van der Waals surface area (Å²) in [6.45, 7) is 6.22. The molecule has 8 rings (SSSR count). The zero-order valence-corrected chi connectivity index (χ0v) is 24.1. The van der Waals surface area contributed by atoms with Crippen LogP contribution >= 0.6 is 0 Å². The topological polar surface area (TPSA) is 80.1 Å². The molecule has 0 radical (unpaired) electrons. The largest absolute Gasteiger partial charge is 0.444 e. The Morgan fingerprint density at radius 1 is 1.10 bits per heavy atom. The summed E-state index contributed by atoms with van der Waals surface area (Å²) in [5, 5.41) is 4.43. The van der Waals surface area contributed by atoms with Crippen LogP contribution in [0.15, 0.2) is 24.3 Å². The summed E-state index contributed by atoms with van der Waals surface area (Å²) in [6.07, 6.45) is 6.48. The molecule has 2 bridgehead atoms. The number of carbonyl (C=O) groups is 2. The van der Waals surface area contributed by atoms with Gasteiger partial charge in [0.05, 0.1) is 13.2 Å². The first-order chi connectivity index (χ1) is 19.8. The Labute approximate surface area is 240 Å². The van der Waals surface area contributed by atoms with Crippen LogP contribution in [0.2, 0.25) is 0 Å². The lowest BCUT2D eigenvalue weighted by atomic mass is 9.74. The number of anilines is 1. The molecule has 5 fully saturated rings. The number of hydrogen-bond acceptors (Lipinski definition) is 6. The highest BCUT2D eigenvalue weighted by Crippen LogP contribution is 2.49. The van der Waals surface area contributed by atoms with Crippen LogP contribution in [0.1, 0.15) is 66.7 Å². The van der Waals surface area contributed by atoms with E-state index in [2.05, 4.69) is 10.00 Å². The van der Waals surface area contributed by atoms with E-state index in [1.54, 1.807) is 16.8 Å². The lowest BCUT2D eigenvalue weighted by Gasteiger charge is -2.43. The van der Waals surface area contributed by atoms with E-state index in [0.717, 1.165) is 81.5 Å². The number of halogens is 1. The van der Waals surface area contributed by atoms with Gasteiger partial charge in [-0.3, -0.25) is 9.48 Å². The maximum atomic E-state index is 14.6. The van der Waals surface area contributed by atoms with Crippen LogP contribution in [-0.2, 0) is 21.9 Å². The number of amides is 2. The zero-order valence-electron chi connectivity index (χ0n) is 24.1. The van der Waals surface area contributed by atoms with E-state index in [4.69, 9.17) is 9.47 Å². The lowest BCUT2D eigenvalue weighted by molar-refractivity contribution is 0.0307. The van der Waals surface area contributed by atoms with Crippen LogP contribution in [0, 0.1) is 18.7 Å². The highest BCUT2D eigenvalue weighted by atomic mass is 19.1. The van der Waals surface area contributed by atoms with E-state index >= 15 is 0 Å². The van der Waals surface area contributed by atoms with Crippen molar-refractivity contribution in [2.24, 2.45) is 13.0 Å². The third kappa shape index (κ3) is 4.82. The Morgan fingerprint density at radius 3 is 2.66 bits per heavy atom. The van der Waals surface area contributed by atoms with Crippen molar-refractivity contribution in [2.75, 3.05) is 44.3 Å². The maximum absolute atomic E-state index is 14.6. The van der Waals surface area contributed by atoms with E-state index in [9.17, 15) is 14.0 Å². The predicted molar refractivity (Wildman–Crippen MR) is 150 cm³/mol. The molecule has 41 heavy (non-hydrogen) atoms. The van der Waals surface area contributed by atoms with Gasteiger partial charge in [0.25, 0.3) is 5.91 Å². The summed E-state index contributed by atoms with van der Waals surface area (Å²) in [7, 11) is 1.84. The predicted octanol–water partition coefficient (Wildman–Crippen LogP) is 4.03. The van der Waals surface area contributed by atoms with Gasteiger partial charge < -0.3 is 24.2 Å². The van der Waals surface area contributed by atoms with Crippen LogP contribution in [-0.4, -0.2) is 89.2 Å². The molecular weight excluding hydrogens is 525 g/mol. The van der Waals surface area contributed by atoms with E-state index in [1.807, 2.05) is 29.8 Å². The van der Waals surface area contributed by atoms with Crippen LogP contribution in [0.25, 0.3) is 0 Å². The van der Waals surface area contributed by atoms with Crippen molar-refractivity contribution in [3.05, 3.63) is 47.0 Å². The van der Waals surface area contributed by atoms with Gasteiger partial charge in [0.2, 0.25) is 0 Å². The first-order valence-corrected chi connectivity index (χ1v) is 15.2. The van der Waals surface area contributed by atoms with Crippen LogP contribution in [0.4, 0.5) is 14.9 Å². The number of rotatable bonds is 3. The fraction of sp³-hybridized carbons (Fsp3) is 0.645. The highest BCUT2D eigenvalue weighted by Gasteiger charge is 2.49. The minimum atomic E-state index is -0.268. The normalized spacial score (nSPS) is 29.1. The number of aryl methyl sites for hydroxylation is 2. The van der Waals surface area contributed by atoms with Crippen molar-refractivity contribution < 1.29 is 23.5 Å². The van der Waals surface area contributed by atoms with Crippen molar-refractivity contribution in [3.8, 4) is 0 Å². The Hall–Kier alpha value is -2.98. The van der Waals surface area contributed by atoms with Gasteiger partial charge >= 0.3 is 6.09 Å². The van der Waals surface area contributed by atoms with Crippen LogP contribution in [0.5, 0.6) is 0 Å². The second-order valence-corrected chi connectivity index (χ2v) is 12.9. The quantitative estimate of drug-likeness (QED) is 0.559. The number of hydrogen-bond donors (Lipinski definition) is 0. The maximum Gasteiger partial charge on any atom is 0.410 e. The van der Waals surface area contributed by atoms with Gasteiger partial charge in [0.1, 0.15) is 11.9 Å². The van der Waals surface area contributed by atoms with Gasteiger partial charge in [-0.25, -0.2) is 9.18 Å². The molecule has 6 aliphatic rings. The SMILES string of the molecule is Cc1cc(C(=O)N2CC3(CCN(C4CC5CCC(C4)N(C(=O)O[C@@H]4CCOC4)C5)CC3)c3cc(F)ccc32)nn1C. The molecule has 9 nitrogen and oxygen atoms in total. The summed E-state index contributed by atoms with van der Waals surface area (Å²) in [4.78, 5) is 33.1. The minimum Gasteiger partial charge on any atom is -0.444 e. The Balaban J connectivity index is 1.05. The Bertz CT molecular complexity index is 1310. The van der Waals surface area contributed by atoms with Gasteiger partial charge in [-0.15, -0.1) is 0 Å². The van der Waals surface area contributed by atoms with E-state index in [1.165, 1.54) is 6.07 Å². The molecule has 1 aliphatic carbocycles. The molecule has 1 spiro atoms. The monoisotopic (exact) mass is 565 g/mol. The third-order valence-corrected chi connectivity index (χ3v) is 10.5. The van der Waals surface area contributed by atoms with E-state index in [0.29, 0.717) is 37.4 Å². The highest BCUT2D eigenvalue weighted by molar-refractivity contribution is 6.06. The molecule has 1 aromatic heterocycles. The summed E-state index contributed by atoms with van der Waals surface area (Å²) >= 11 is 0. The van der Waals surface area contributed by atoms with Gasteiger partial charge in [0.15, 0.2) is 5.69 Å². The standard InChI is InChI=1S/C31H40FN5O4/c1-20-13-27(33-34(20)2)29(38)37-19-31(26-15-22(32)4-6-28(26)37)8-10-35(11-9-31)24-14-21-3-5-23(16-24)36(17-21)30(39)41-25-7-12-40-18-25/h4,6,13,15,21,23-25H,3,5,7-12,14,16-19H2,1-2H3/t21?,23?,24?,25-/m1/s1. The fourth-order valence-corrected chi connectivity index (χ4v) is 8.04. The number of likely N-dealkylation sites (tertiary alicyclic amines) is 1. The fourth-order valence-electron chi connectivity index (χ4n) is 8.04. The molecule has 220 valence electrons. The molecule has 2 amide bonds. The molecule has 1 aromatic carbocycles. The molecule has 5 aliphatic heterocycles. The van der Waals surface area contributed by atoms with E-state index < -0.39 is 0 Å². The molecule has 0 N–H and O–H groups in total. The number of ether oxygens (including phenoxy) is 2. The number of piperidine rings is 2. The summed E-state index contributed by atoms with van der Waals surface area (Å²) in [5.74, 6) is 0.0978. The summed E-state index contributed by atoms with van der Waals surface area (Å²) in [5.41, 5.74) is 2.83. The summed E-state index contributed by atoms with van der Waals surface area (Å²) < 4.78 is 27.5. The van der Waals surface area contributed by atoms with Crippen molar-refractivity contribution in [2.45, 2.75) is 75.5 Å². The number of aromatic nitrogens is 2. The average Bonchev–Trinajstić information content (AvgIpc) is 3.59. The lowest BCUT2D eigenvalue weighted by Crippen LogP contribution is -2.50. The zero-order chi connectivity index (χ0) is 28.3. The van der Waals surface area contributed by atoms with Crippen molar-refractivity contribution >= 4 is 17.7 Å². The number of benzene rings is 1. The molecule has 2 aromatic rings.